The lowest BCUT2D eigenvalue weighted by Gasteiger charge is -2.31. The van der Waals surface area contributed by atoms with Crippen LogP contribution in [-0.4, -0.2) is 42.3 Å². The van der Waals surface area contributed by atoms with Crippen LogP contribution in [0.2, 0.25) is 0 Å². The third-order valence-electron chi connectivity index (χ3n) is 4.79. The lowest BCUT2D eigenvalue weighted by Crippen LogP contribution is -2.46. The fraction of sp³-hybridized carbons (Fsp3) is 0.381. The topological polar surface area (TPSA) is 52.6 Å². The van der Waals surface area contributed by atoms with Crippen LogP contribution < -0.4 is 5.32 Å². The number of aliphatic hydroxyl groups excluding tert-OH is 1. The van der Waals surface area contributed by atoms with Crippen molar-refractivity contribution >= 4 is 6.03 Å². The number of nitrogens with one attached hydrogen (secondary N) is 1. The maximum Gasteiger partial charge on any atom is 0.317 e. The number of urea groups is 1. The van der Waals surface area contributed by atoms with Crippen LogP contribution in [0.3, 0.4) is 0 Å². The van der Waals surface area contributed by atoms with Crippen molar-refractivity contribution in [3.05, 3.63) is 60.2 Å². The first-order valence-electron chi connectivity index (χ1n) is 9.04. The van der Waals surface area contributed by atoms with E-state index in [2.05, 4.69) is 41.7 Å². The molecule has 1 aliphatic heterocycles. The van der Waals surface area contributed by atoms with Gasteiger partial charge in [0.25, 0.3) is 0 Å². The smallest absolute Gasteiger partial charge is 0.317 e. The fourth-order valence-corrected chi connectivity index (χ4v) is 3.36. The second-order valence-corrected chi connectivity index (χ2v) is 6.69. The summed E-state index contributed by atoms with van der Waals surface area (Å²) in [5, 5.41) is 12.3. The number of hydrogen-bond donors (Lipinski definition) is 2. The van der Waals surface area contributed by atoms with Crippen molar-refractivity contribution in [1.29, 1.82) is 0 Å². The molecule has 1 aliphatic rings. The van der Waals surface area contributed by atoms with Gasteiger partial charge in [0.2, 0.25) is 0 Å². The average Bonchev–Trinajstić information content (AvgIpc) is 2.69. The number of aliphatic hydroxyl groups is 1. The van der Waals surface area contributed by atoms with E-state index in [1.54, 1.807) is 0 Å². The van der Waals surface area contributed by atoms with Crippen LogP contribution in [0.25, 0.3) is 11.1 Å². The molecule has 25 heavy (non-hydrogen) atoms. The second-order valence-electron chi connectivity index (χ2n) is 6.69. The Morgan fingerprint density at radius 3 is 2.72 bits per heavy atom. The zero-order valence-electron chi connectivity index (χ0n) is 14.5. The van der Waals surface area contributed by atoms with Gasteiger partial charge >= 0.3 is 6.03 Å². The summed E-state index contributed by atoms with van der Waals surface area (Å²) in [4.78, 5) is 14.1. The number of nitrogens with zero attached hydrogens (tertiary/aromatic N) is 1. The molecule has 2 aromatic carbocycles. The van der Waals surface area contributed by atoms with Gasteiger partial charge in [-0.05, 0) is 41.9 Å². The van der Waals surface area contributed by atoms with Gasteiger partial charge in [-0.2, -0.15) is 0 Å². The summed E-state index contributed by atoms with van der Waals surface area (Å²) >= 11 is 0. The van der Waals surface area contributed by atoms with Crippen LogP contribution in [0.4, 0.5) is 4.79 Å². The molecule has 0 radical (unpaired) electrons. The number of rotatable bonds is 5. The number of carbonyl (C=O) groups excluding carboxylic acids is 1. The highest BCUT2D eigenvalue weighted by Crippen LogP contribution is 2.20. The monoisotopic (exact) mass is 338 g/mol. The average molecular weight is 338 g/mol. The van der Waals surface area contributed by atoms with Gasteiger partial charge in [-0.15, -0.1) is 0 Å². The van der Waals surface area contributed by atoms with Crippen LogP contribution in [-0.2, 0) is 6.42 Å². The van der Waals surface area contributed by atoms with Crippen molar-refractivity contribution < 1.29 is 9.90 Å². The molecule has 0 spiro atoms. The Labute approximate surface area is 149 Å². The molecule has 1 fully saturated rings. The zero-order valence-corrected chi connectivity index (χ0v) is 14.5. The Bertz CT molecular complexity index is 687. The summed E-state index contributed by atoms with van der Waals surface area (Å²) in [5.74, 6) is 0.224. The minimum absolute atomic E-state index is 0.0163. The number of amides is 2. The molecule has 0 bridgehead atoms. The van der Waals surface area contributed by atoms with Crippen LogP contribution in [0, 0.1) is 5.92 Å². The molecule has 0 aromatic heterocycles. The van der Waals surface area contributed by atoms with Crippen molar-refractivity contribution in [2.75, 3.05) is 26.2 Å². The molecule has 4 heteroatoms. The predicted octanol–water partition coefficient (Wildman–Crippen LogP) is 3.31. The first-order valence-corrected chi connectivity index (χ1v) is 9.04. The predicted molar refractivity (Wildman–Crippen MR) is 100 cm³/mol. The van der Waals surface area contributed by atoms with Gasteiger partial charge < -0.3 is 15.3 Å². The Kier molecular flexibility index (Phi) is 6.07. The van der Waals surface area contributed by atoms with E-state index in [1.165, 1.54) is 16.7 Å². The van der Waals surface area contributed by atoms with E-state index >= 15 is 0 Å². The highest BCUT2D eigenvalue weighted by molar-refractivity contribution is 5.74. The SMILES string of the molecule is O=C(NCCc1cccc(-c2ccccc2)c1)N1CCCC(CO)C1. The maximum absolute atomic E-state index is 12.3. The molecule has 1 atom stereocenters. The molecule has 132 valence electrons. The number of carbonyl (C=O) groups is 1. The molecule has 2 amide bonds. The lowest BCUT2D eigenvalue weighted by molar-refractivity contribution is 0.129. The third kappa shape index (κ3) is 4.83. The summed E-state index contributed by atoms with van der Waals surface area (Å²) in [6, 6.07) is 18.8. The summed E-state index contributed by atoms with van der Waals surface area (Å²) in [7, 11) is 0. The summed E-state index contributed by atoms with van der Waals surface area (Å²) in [6.07, 6.45) is 2.79. The van der Waals surface area contributed by atoms with Crippen LogP contribution in [0.5, 0.6) is 0 Å². The third-order valence-corrected chi connectivity index (χ3v) is 4.79. The maximum atomic E-state index is 12.3. The van der Waals surface area contributed by atoms with Gasteiger partial charge in [0.1, 0.15) is 0 Å². The summed E-state index contributed by atoms with van der Waals surface area (Å²) in [6.45, 7) is 2.23. The van der Waals surface area contributed by atoms with Gasteiger partial charge in [0.05, 0.1) is 0 Å². The molecule has 2 aromatic rings. The largest absolute Gasteiger partial charge is 0.396 e. The number of hydrogen-bond acceptors (Lipinski definition) is 2. The van der Waals surface area contributed by atoms with Crippen molar-refractivity contribution in [1.82, 2.24) is 10.2 Å². The molecule has 2 N–H and O–H groups in total. The van der Waals surface area contributed by atoms with Gasteiger partial charge in [0.15, 0.2) is 0 Å². The van der Waals surface area contributed by atoms with Gasteiger partial charge in [-0.3, -0.25) is 0 Å². The molecular formula is C21H26N2O2. The summed E-state index contributed by atoms with van der Waals surface area (Å²) < 4.78 is 0. The Balaban J connectivity index is 1.51. The van der Waals surface area contributed by atoms with E-state index in [1.807, 2.05) is 23.1 Å². The molecule has 1 saturated heterocycles. The Morgan fingerprint density at radius 2 is 1.92 bits per heavy atom. The first kappa shape index (κ1) is 17.5. The molecule has 4 nitrogen and oxygen atoms in total. The van der Waals surface area contributed by atoms with E-state index in [4.69, 9.17) is 0 Å². The van der Waals surface area contributed by atoms with Crippen molar-refractivity contribution in [2.24, 2.45) is 5.92 Å². The molecule has 3 rings (SSSR count). The molecular weight excluding hydrogens is 312 g/mol. The minimum Gasteiger partial charge on any atom is -0.396 e. The van der Waals surface area contributed by atoms with Crippen LogP contribution in [0.15, 0.2) is 54.6 Å². The van der Waals surface area contributed by atoms with Crippen molar-refractivity contribution in [3.8, 4) is 11.1 Å². The number of benzene rings is 2. The van der Waals surface area contributed by atoms with Crippen LogP contribution in [0.1, 0.15) is 18.4 Å². The van der Waals surface area contributed by atoms with Crippen LogP contribution >= 0.6 is 0 Å². The van der Waals surface area contributed by atoms with E-state index < -0.39 is 0 Å². The van der Waals surface area contributed by atoms with Gasteiger partial charge in [-0.1, -0.05) is 54.6 Å². The zero-order chi connectivity index (χ0) is 17.5. The van der Waals surface area contributed by atoms with E-state index in [-0.39, 0.29) is 18.6 Å². The highest BCUT2D eigenvalue weighted by atomic mass is 16.3. The molecule has 0 aliphatic carbocycles. The fourth-order valence-electron chi connectivity index (χ4n) is 3.36. The summed E-state index contributed by atoms with van der Waals surface area (Å²) in [5.41, 5.74) is 3.62. The number of piperidine rings is 1. The number of likely N-dealkylation sites (tertiary alicyclic amines) is 1. The minimum atomic E-state index is -0.0163. The van der Waals surface area contributed by atoms with Gasteiger partial charge in [-0.25, -0.2) is 4.79 Å². The quantitative estimate of drug-likeness (QED) is 0.879. The highest BCUT2D eigenvalue weighted by Gasteiger charge is 2.22. The second kappa shape index (κ2) is 8.67. The van der Waals surface area contributed by atoms with E-state index in [9.17, 15) is 9.90 Å². The Hall–Kier alpha value is -2.33. The van der Waals surface area contributed by atoms with E-state index in [0.29, 0.717) is 13.1 Å². The van der Waals surface area contributed by atoms with Crippen molar-refractivity contribution in [2.45, 2.75) is 19.3 Å². The van der Waals surface area contributed by atoms with Gasteiger partial charge in [0, 0.05) is 26.2 Å². The normalized spacial score (nSPS) is 17.3. The molecule has 0 saturated carbocycles. The lowest BCUT2D eigenvalue weighted by atomic mass is 9.99. The van der Waals surface area contributed by atoms with E-state index in [0.717, 1.165) is 25.8 Å². The van der Waals surface area contributed by atoms with Crippen molar-refractivity contribution in [3.63, 3.8) is 0 Å². The standard InChI is InChI=1S/C21H26N2O2/c24-16-18-7-5-13-23(15-18)21(25)22-12-11-17-6-4-10-20(14-17)19-8-2-1-3-9-19/h1-4,6,8-10,14,18,24H,5,7,11-13,15-16H2,(H,22,25). The Morgan fingerprint density at radius 1 is 1.12 bits per heavy atom. The first-order chi connectivity index (χ1) is 12.3. The molecule has 1 heterocycles. The molecule has 1 unspecified atom stereocenters.